The smallest absolute Gasteiger partial charge is 0.274 e. The Bertz CT molecular complexity index is 986. The fraction of sp³-hybridized carbons (Fsp3) is 0.190. The van der Waals surface area contributed by atoms with Crippen molar-refractivity contribution in [1.29, 1.82) is 0 Å². The first-order valence-corrected chi connectivity index (χ1v) is 8.61. The molecule has 6 nitrogen and oxygen atoms in total. The summed E-state index contributed by atoms with van der Waals surface area (Å²) in [5.74, 6) is 0.647. The number of aromatic nitrogens is 2. The Morgan fingerprint density at radius 1 is 0.963 bits per heavy atom. The highest BCUT2D eigenvalue weighted by Crippen LogP contribution is 2.24. The van der Waals surface area contributed by atoms with E-state index in [1.54, 1.807) is 25.3 Å². The van der Waals surface area contributed by atoms with Gasteiger partial charge in [0.25, 0.3) is 5.91 Å². The highest BCUT2D eigenvalue weighted by atomic mass is 16.5. The second-order valence-electron chi connectivity index (χ2n) is 6.25. The summed E-state index contributed by atoms with van der Waals surface area (Å²) in [6, 6.07) is 14.9. The van der Waals surface area contributed by atoms with E-state index >= 15 is 0 Å². The van der Waals surface area contributed by atoms with Gasteiger partial charge in [-0.1, -0.05) is 24.3 Å². The Labute approximate surface area is 158 Å². The molecule has 0 fully saturated rings. The molecule has 0 unspecified atom stereocenters. The van der Waals surface area contributed by atoms with Gasteiger partial charge in [-0.3, -0.25) is 4.79 Å². The molecule has 0 aliphatic rings. The highest BCUT2D eigenvalue weighted by Gasteiger charge is 2.14. The van der Waals surface area contributed by atoms with Gasteiger partial charge in [-0.25, -0.2) is 9.97 Å². The number of amides is 1. The Morgan fingerprint density at radius 2 is 1.70 bits per heavy atom. The number of carbonyl (C=O) groups is 1. The summed E-state index contributed by atoms with van der Waals surface area (Å²) in [5, 5.41) is 6.04. The van der Waals surface area contributed by atoms with Crippen LogP contribution in [0.5, 0.6) is 5.75 Å². The molecule has 0 spiro atoms. The maximum atomic E-state index is 12.7. The van der Waals surface area contributed by atoms with E-state index in [0.717, 1.165) is 11.3 Å². The number of hydrogen-bond acceptors (Lipinski definition) is 5. The fourth-order valence-electron chi connectivity index (χ4n) is 2.68. The number of carbonyl (C=O) groups excluding carboxylic acids is 1. The van der Waals surface area contributed by atoms with Crippen LogP contribution in [0.3, 0.4) is 0 Å². The normalized spacial score (nSPS) is 10.4. The molecular formula is C21H22N4O2. The topological polar surface area (TPSA) is 76.1 Å². The van der Waals surface area contributed by atoms with Crippen LogP contribution in [0.15, 0.2) is 48.5 Å². The Kier molecular flexibility index (Phi) is 5.35. The zero-order valence-corrected chi connectivity index (χ0v) is 15.8. The van der Waals surface area contributed by atoms with E-state index in [2.05, 4.69) is 20.6 Å². The second kappa shape index (κ2) is 7.86. The number of ether oxygens (including phenoxy) is 1. The van der Waals surface area contributed by atoms with Crippen LogP contribution in [0.2, 0.25) is 0 Å². The third-order valence-electron chi connectivity index (χ3n) is 4.29. The molecule has 27 heavy (non-hydrogen) atoms. The number of anilines is 3. The molecule has 138 valence electrons. The van der Waals surface area contributed by atoms with E-state index in [-0.39, 0.29) is 11.6 Å². The van der Waals surface area contributed by atoms with Gasteiger partial charge in [-0.15, -0.1) is 0 Å². The van der Waals surface area contributed by atoms with Crippen molar-refractivity contribution in [1.82, 2.24) is 9.97 Å². The molecule has 0 saturated carbocycles. The summed E-state index contributed by atoms with van der Waals surface area (Å²) in [5.41, 5.74) is 4.76. The lowest BCUT2D eigenvalue weighted by molar-refractivity contribution is 0.102. The van der Waals surface area contributed by atoms with Gasteiger partial charge in [0.05, 0.1) is 12.8 Å². The van der Waals surface area contributed by atoms with Crippen molar-refractivity contribution in [3.05, 3.63) is 71.0 Å². The van der Waals surface area contributed by atoms with Crippen molar-refractivity contribution >= 4 is 23.2 Å². The molecular weight excluding hydrogens is 340 g/mol. The molecule has 6 heteroatoms. The maximum absolute atomic E-state index is 12.7. The van der Waals surface area contributed by atoms with Crippen molar-refractivity contribution in [3.8, 4) is 5.75 Å². The Morgan fingerprint density at radius 3 is 2.48 bits per heavy atom. The average molecular weight is 362 g/mol. The van der Waals surface area contributed by atoms with Crippen molar-refractivity contribution < 1.29 is 9.53 Å². The van der Waals surface area contributed by atoms with Crippen molar-refractivity contribution in [3.63, 3.8) is 0 Å². The molecule has 0 aliphatic carbocycles. The van der Waals surface area contributed by atoms with Crippen LogP contribution in [0.1, 0.15) is 27.3 Å². The molecule has 0 radical (unpaired) electrons. The Hall–Kier alpha value is -3.41. The van der Waals surface area contributed by atoms with Gasteiger partial charge >= 0.3 is 0 Å². The van der Waals surface area contributed by atoms with Crippen molar-refractivity contribution in [2.75, 3.05) is 17.7 Å². The van der Waals surface area contributed by atoms with Crippen LogP contribution in [0, 0.1) is 20.8 Å². The highest BCUT2D eigenvalue weighted by molar-refractivity contribution is 6.03. The molecule has 2 aromatic carbocycles. The van der Waals surface area contributed by atoms with Gasteiger partial charge in [0.2, 0.25) is 5.95 Å². The number of rotatable bonds is 5. The van der Waals surface area contributed by atoms with Gasteiger partial charge in [0, 0.05) is 11.4 Å². The third kappa shape index (κ3) is 4.23. The molecule has 2 N–H and O–H groups in total. The molecule has 0 aliphatic heterocycles. The van der Waals surface area contributed by atoms with Gasteiger partial charge < -0.3 is 15.4 Å². The van der Waals surface area contributed by atoms with Crippen molar-refractivity contribution in [2.24, 2.45) is 0 Å². The lowest BCUT2D eigenvalue weighted by atomic mass is 10.1. The van der Waals surface area contributed by atoms with E-state index in [9.17, 15) is 4.79 Å². The summed E-state index contributed by atoms with van der Waals surface area (Å²) in [6.45, 7) is 5.91. The zero-order chi connectivity index (χ0) is 19.4. The number of nitrogens with one attached hydrogen (secondary N) is 2. The van der Waals surface area contributed by atoms with Gasteiger partial charge in [0.1, 0.15) is 11.4 Å². The minimum absolute atomic E-state index is 0.279. The summed E-state index contributed by atoms with van der Waals surface area (Å²) >= 11 is 0. The van der Waals surface area contributed by atoms with E-state index in [4.69, 9.17) is 4.74 Å². The van der Waals surface area contributed by atoms with Gasteiger partial charge in [-0.2, -0.15) is 0 Å². The summed E-state index contributed by atoms with van der Waals surface area (Å²) < 4.78 is 5.27. The van der Waals surface area contributed by atoms with Crippen LogP contribution in [-0.2, 0) is 0 Å². The summed E-state index contributed by atoms with van der Waals surface area (Å²) in [4.78, 5) is 21.4. The number of hydrogen-bond donors (Lipinski definition) is 2. The molecule has 3 aromatic rings. The van der Waals surface area contributed by atoms with E-state index in [1.807, 2.05) is 51.1 Å². The first kappa shape index (κ1) is 18.4. The SMILES string of the molecule is COc1ccccc1NC(=O)c1cc(C)nc(Nc2cccc(C)c2C)n1. The molecule has 1 heterocycles. The lowest BCUT2D eigenvalue weighted by Crippen LogP contribution is -2.16. The number of nitrogens with zero attached hydrogens (tertiary/aromatic N) is 2. The first-order chi connectivity index (χ1) is 13.0. The summed E-state index contributed by atoms with van der Waals surface area (Å²) in [7, 11) is 1.56. The van der Waals surface area contributed by atoms with Crippen LogP contribution in [0.25, 0.3) is 0 Å². The largest absolute Gasteiger partial charge is 0.495 e. The average Bonchev–Trinajstić information content (AvgIpc) is 2.65. The van der Waals surface area contributed by atoms with Crippen LogP contribution < -0.4 is 15.4 Å². The number of benzene rings is 2. The third-order valence-corrected chi connectivity index (χ3v) is 4.29. The zero-order valence-electron chi connectivity index (χ0n) is 15.8. The van der Waals surface area contributed by atoms with E-state index in [0.29, 0.717) is 23.1 Å². The minimum atomic E-state index is -0.325. The van der Waals surface area contributed by atoms with Crippen LogP contribution in [-0.4, -0.2) is 23.0 Å². The Balaban J connectivity index is 1.86. The van der Waals surface area contributed by atoms with Crippen LogP contribution >= 0.6 is 0 Å². The molecule has 3 rings (SSSR count). The predicted molar refractivity (Wildman–Crippen MR) is 107 cm³/mol. The van der Waals surface area contributed by atoms with Crippen molar-refractivity contribution in [2.45, 2.75) is 20.8 Å². The second-order valence-corrected chi connectivity index (χ2v) is 6.25. The molecule has 0 saturated heterocycles. The number of methoxy groups -OCH3 is 1. The van der Waals surface area contributed by atoms with Crippen LogP contribution in [0.4, 0.5) is 17.3 Å². The predicted octanol–water partition coefficient (Wildman–Crippen LogP) is 4.41. The van der Waals surface area contributed by atoms with Gasteiger partial charge in [0.15, 0.2) is 0 Å². The minimum Gasteiger partial charge on any atom is -0.495 e. The standard InChI is InChI=1S/C21H22N4O2/c1-13-8-7-10-16(15(13)3)24-21-22-14(2)12-18(25-21)20(26)23-17-9-5-6-11-19(17)27-4/h5-12H,1-4H3,(H,23,26)(H,22,24,25). The molecule has 0 atom stereocenters. The number of aryl methyl sites for hydroxylation is 2. The van der Waals surface area contributed by atoms with E-state index < -0.39 is 0 Å². The quantitative estimate of drug-likeness (QED) is 0.703. The molecule has 0 bridgehead atoms. The molecule has 1 amide bonds. The fourth-order valence-corrected chi connectivity index (χ4v) is 2.68. The van der Waals surface area contributed by atoms with Gasteiger partial charge in [-0.05, 0) is 56.2 Å². The number of para-hydroxylation sites is 2. The maximum Gasteiger partial charge on any atom is 0.274 e. The first-order valence-electron chi connectivity index (χ1n) is 8.61. The lowest BCUT2D eigenvalue weighted by Gasteiger charge is -2.12. The summed E-state index contributed by atoms with van der Waals surface area (Å²) in [6.07, 6.45) is 0. The molecule has 1 aromatic heterocycles. The van der Waals surface area contributed by atoms with E-state index in [1.165, 1.54) is 5.56 Å². The monoisotopic (exact) mass is 362 g/mol.